The van der Waals surface area contributed by atoms with Crippen LogP contribution in [0.3, 0.4) is 0 Å². The number of nitrogens with zero attached hydrogens (tertiary/aromatic N) is 2. The second-order valence-corrected chi connectivity index (χ2v) is 4.84. The minimum absolute atomic E-state index is 0.434. The van der Waals surface area contributed by atoms with E-state index in [1.807, 2.05) is 19.3 Å². The van der Waals surface area contributed by atoms with E-state index in [9.17, 15) is 0 Å². The smallest absolute Gasteiger partial charge is 0.105 e. The van der Waals surface area contributed by atoms with Crippen molar-refractivity contribution in [2.45, 2.75) is 26.4 Å². The molecule has 0 aliphatic carbocycles. The molecule has 2 heterocycles. The molecule has 2 aromatic rings. The van der Waals surface area contributed by atoms with Crippen molar-refractivity contribution in [3.05, 3.63) is 40.6 Å². The van der Waals surface area contributed by atoms with Crippen LogP contribution in [0, 0.1) is 6.92 Å². The summed E-state index contributed by atoms with van der Waals surface area (Å²) in [5.74, 6) is 1.07. The maximum absolute atomic E-state index is 4.20. The lowest BCUT2D eigenvalue weighted by molar-refractivity contribution is 0.531. The molecule has 4 heteroatoms. The van der Waals surface area contributed by atoms with Gasteiger partial charge in [-0.05, 0) is 25.3 Å². The van der Waals surface area contributed by atoms with Crippen molar-refractivity contribution >= 4 is 11.3 Å². The van der Waals surface area contributed by atoms with Crippen LogP contribution in [0.15, 0.2) is 29.9 Å². The first-order chi connectivity index (χ1) is 7.77. The Bertz CT molecular complexity index is 419. The lowest BCUT2D eigenvalue weighted by Crippen LogP contribution is -2.22. The highest BCUT2D eigenvalue weighted by molar-refractivity contribution is 7.10. The van der Waals surface area contributed by atoms with Gasteiger partial charge in [-0.25, -0.2) is 4.98 Å². The second-order valence-electron chi connectivity index (χ2n) is 3.86. The molecule has 0 radical (unpaired) electrons. The van der Waals surface area contributed by atoms with Gasteiger partial charge in [-0.3, -0.25) is 0 Å². The molecular formula is C12H17N3S. The van der Waals surface area contributed by atoms with Gasteiger partial charge in [0.2, 0.25) is 0 Å². The van der Waals surface area contributed by atoms with E-state index in [2.05, 4.69) is 39.3 Å². The molecule has 2 rings (SSSR count). The lowest BCUT2D eigenvalue weighted by atomic mass is 10.3. The first-order valence-electron chi connectivity index (χ1n) is 5.52. The van der Waals surface area contributed by atoms with E-state index in [1.54, 1.807) is 11.3 Å². The number of imidazole rings is 1. The molecule has 0 aliphatic rings. The van der Waals surface area contributed by atoms with Crippen LogP contribution in [-0.4, -0.2) is 16.1 Å². The van der Waals surface area contributed by atoms with Crippen LogP contribution in [0.5, 0.6) is 0 Å². The quantitative estimate of drug-likeness (QED) is 0.863. The highest BCUT2D eigenvalue weighted by Crippen LogP contribution is 2.17. The second kappa shape index (κ2) is 5.27. The monoisotopic (exact) mass is 235 g/mol. The number of aryl methyl sites for hydroxylation is 1. The van der Waals surface area contributed by atoms with Crippen molar-refractivity contribution in [3.63, 3.8) is 0 Å². The number of hydrogen-bond acceptors (Lipinski definition) is 3. The van der Waals surface area contributed by atoms with Gasteiger partial charge < -0.3 is 9.88 Å². The predicted octanol–water partition coefficient (Wildman–Crippen LogP) is 2.60. The molecule has 0 saturated carbocycles. The molecule has 0 bridgehead atoms. The minimum atomic E-state index is 0.434. The van der Waals surface area contributed by atoms with E-state index in [0.29, 0.717) is 6.04 Å². The summed E-state index contributed by atoms with van der Waals surface area (Å²) >= 11 is 1.80. The molecule has 16 heavy (non-hydrogen) atoms. The van der Waals surface area contributed by atoms with Crippen LogP contribution in [0.25, 0.3) is 0 Å². The summed E-state index contributed by atoms with van der Waals surface area (Å²) < 4.78 is 2.16. The van der Waals surface area contributed by atoms with Crippen LogP contribution in [0.1, 0.15) is 23.7 Å². The highest BCUT2D eigenvalue weighted by Gasteiger charge is 2.04. The Hall–Kier alpha value is -1.13. The van der Waals surface area contributed by atoms with Crippen LogP contribution < -0.4 is 5.32 Å². The molecule has 0 spiro atoms. The van der Waals surface area contributed by atoms with Gasteiger partial charge in [0.15, 0.2) is 0 Å². The van der Waals surface area contributed by atoms with E-state index in [0.717, 1.165) is 18.9 Å². The van der Waals surface area contributed by atoms with Crippen molar-refractivity contribution in [2.75, 3.05) is 6.54 Å². The zero-order chi connectivity index (χ0) is 11.4. The summed E-state index contributed by atoms with van der Waals surface area (Å²) in [5.41, 5.74) is 0. The Morgan fingerprint density at radius 3 is 3.06 bits per heavy atom. The largest absolute Gasteiger partial charge is 0.334 e. The van der Waals surface area contributed by atoms with Crippen molar-refractivity contribution in [1.82, 2.24) is 14.9 Å². The molecule has 0 aliphatic heterocycles. The average molecular weight is 235 g/mol. The maximum Gasteiger partial charge on any atom is 0.105 e. The summed E-state index contributed by atoms with van der Waals surface area (Å²) in [4.78, 5) is 5.59. The Morgan fingerprint density at radius 2 is 2.44 bits per heavy atom. The Balaban J connectivity index is 1.78. The Morgan fingerprint density at radius 1 is 1.56 bits per heavy atom. The first kappa shape index (κ1) is 11.4. The molecule has 0 amide bonds. The van der Waals surface area contributed by atoms with Crippen molar-refractivity contribution < 1.29 is 0 Å². The van der Waals surface area contributed by atoms with E-state index >= 15 is 0 Å². The molecular weight excluding hydrogens is 218 g/mol. The minimum Gasteiger partial charge on any atom is -0.334 e. The van der Waals surface area contributed by atoms with Crippen molar-refractivity contribution in [3.8, 4) is 0 Å². The molecule has 0 aromatic carbocycles. The lowest BCUT2D eigenvalue weighted by Gasteiger charge is -2.12. The maximum atomic E-state index is 4.20. The topological polar surface area (TPSA) is 29.9 Å². The first-order valence-corrected chi connectivity index (χ1v) is 6.40. The summed E-state index contributed by atoms with van der Waals surface area (Å²) in [7, 11) is 0. The standard InChI is InChI=1S/C12H17N3S/c1-10(12-4-3-9-16-12)13-5-7-15-8-6-14-11(15)2/h3-4,6,8-10,13H,5,7H2,1-2H3/t10-/m1/s1. The summed E-state index contributed by atoms with van der Waals surface area (Å²) in [5, 5.41) is 5.63. The van der Waals surface area contributed by atoms with Crippen molar-refractivity contribution in [2.24, 2.45) is 0 Å². The van der Waals surface area contributed by atoms with E-state index in [1.165, 1.54) is 4.88 Å². The van der Waals surface area contributed by atoms with Gasteiger partial charge in [-0.2, -0.15) is 0 Å². The molecule has 3 nitrogen and oxygen atoms in total. The molecule has 2 aromatic heterocycles. The number of hydrogen-bond donors (Lipinski definition) is 1. The van der Waals surface area contributed by atoms with E-state index in [4.69, 9.17) is 0 Å². The van der Waals surface area contributed by atoms with Gasteiger partial charge in [-0.15, -0.1) is 11.3 Å². The number of nitrogens with one attached hydrogen (secondary N) is 1. The molecule has 1 atom stereocenters. The third-order valence-electron chi connectivity index (χ3n) is 2.70. The van der Waals surface area contributed by atoms with Crippen molar-refractivity contribution in [1.29, 1.82) is 0 Å². The van der Waals surface area contributed by atoms with Crippen LogP contribution in [0.2, 0.25) is 0 Å². The third-order valence-corrected chi connectivity index (χ3v) is 3.75. The highest BCUT2D eigenvalue weighted by atomic mass is 32.1. The van der Waals surface area contributed by atoms with Gasteiger partial charge in [0, 0.05) is 36.4 Å². The summed E-state index contributed by atoms with van der Waals surface area (Å²) in [6, 6.07) is 4.70. The molecule has 0 saturated heterocycles. The number of thiophene rings is 1. The van der Waals surface area contributed by atoms with Gasteiger partial charge >= 0.3 is 0 Å². The fourth-order valence-electron chi connectivity index (χ4n) is 1.68. The molecule has 0 unspecified atom stereocenters. The van der Waals surface area contributed by atoms with Gasteiger partial charge in [-0.1, -0.05) is 6.07 Å². The van der Waals surface area contributed by atoms with Crippen LogP contribution in [0.4, 0.5) is 0 Å². The Labute approximate surface area is 100 Å². The summed E-state index contributed by atoms with van der Waals surface area (Å²) in [6.45, 7) is 6.17. The molecule has 86 valence electrons. The van der Waals surface area contributed by atoms with Crippen LogP contribution in [-0.2, 0) is 6.54 Å². The Kier molecular flexibility index (Phi) is 3.74. The molecule has 0 fully saturated rings. The fourth-order valence-corrected chi connectivity index (χ4v) is 2.44. The van der Waals surface area contributed by atoms with Crippen LogP contribution >= 0.6 is 11.3 Å². The SMILES string of the molecule is Cc1nccn1CCN[C@H](C)c1cccs1. The van der Waals surface area contributed by atoms with Gasteiger partial charge in [0.05, 0.1) is 0 Å². The zero-order valence-corrected chi connectivity index (χ0v) is 10.5. The van der Waals surface area contributed by atoms with E-state index in [-0.39, 0.29) is 0 Å². The van der Waals surface area contributed by atoms with Gasteiger partial charge in [0.25, 0.3) is 0 Å². The average Bonchev–Trinajstić information content (AvgIpc) is 2.90. The molecule has 1 N–H and O–H groups in total. The normalized spacial score (nSPS) is 12.9. The van der Waals surface area contributed by atoms with E-state index < -0.39 is 0 Å². The number of aromatic nitrogens is 2. The third kappa shape index (κ3) is 2.71. The fraction of sp³-hybridized carbons (Fsp3) is 0.417. The zero-order valence-electron chi connectivity index (χ0n) is 9.68. The predicted molar refractivity (Wildman–Crippen MR) is 67.7 cm³/mol. The number of rotatable bonds is 5. The summed E-state index contributed by atoms with van der Waals surface area (Å²) in [6.07, 6.45) is 3.87. The van der Waals surface area contributed by atoms with Gasteiger partial charge in [0.1, 0.15) is 5.82 Å².